The van der Waals surface area contributed by atoms with E-state index in [2.05, 4.69) is 4.98 Å². The highest BCUT2D eigenvalue weighted by Crippen LogP contribution is 1.79. The first-order valence-electron chi connectivity index (χ1n) is 2.99. The topological polar surface area (TPSA) is 99.1 Å². The highest BCUT2D eigenvalue weighted by Gasteiger charge is 1.80. The fourth-order valence-electron chi connectivity index (χ4n) is 0.558. The van der Waals surface area contributed by atoms with Crippen LogP contribution < -0.4 is 5.43 Å². The molecular weight excluding hydrogens is 164 g/mol. The van der Waals surface area contributed by atoms with Gasteiger partial charge in [-0.2, -0.15) is 0 Å². The van der Waals surface area contributed by atoms with Crippen molar-refractivity contribution < 1.29 is 5.09 Å². The molecule has 0 aliphatic carbocycles. The van der Waals surface area contributed by atoms with Crippen molar-refractivity contribution in [1.29, 1.82) is 0 Å². The Morgan fingerprint density at radius 2 is 2.00 bits per heavy atom. The van der Waals surface area contributed by atoms with Crippen molar-refractivity contribution in [2.75, 3.05) is 0 Å². The smallest absolute Gasteiger partial charge is 0.181 e. The number of hydrogen-bond acceptors (Lipinski definition) is 4. The van der Waals surface area contributed by atoms with E-state index in [0.29, 0.717) is 0 Å². The van der Waals surface area contributed by atoms with Gasteiger partial charge in [0, 0.05) is 24.0 Å². The number of pyridine rings is 1. The Labute approximate surface area is 67.6 Å². The normalized spacial score (nSPS) is 8.08. The molecule has 66 valence electrons. The van der Waals surface area contributed by atoms with Crippen LogP contribution in [0.5, 0.6) is 0 Å². The molecule has 6 nitrogen and oxygen atoms in total. The van der Waals surface area contributed by atoms with E-state index in [4.69, 9.17) is 15.3 Å². The number of aryl methyl sites for hydroxylation is 1. The molecule has 0 amide bonds. The van der Waals surface area contributed by atoms with E-state index in [1.54, 1.807) is 12.3 Å². The minimum Gasteiger partial charge on any atom is -0.365 e. The number of nitrogens with zero attached hydrogens (tertiary/aromatic N) is 1. The van der Waals surface area contributed by atoms with E-state index >= 15 is 0 Å². The van der Waals surface area contributed by atoms with Crippen molar-refractivity contribution in [1.82, 2.24) is 4.98 Å². The Morgan fingerprint density at radius 1 is 1.50 bits per heavy atom. The molecule has 1 rings (SSSR count). The van der Waals surface area contributed by atoms with Crippen molar-refractivity contribution >= 4 is 0 Å². The van der Waals surface area contributed by atoms with Crippen LogP contribution in [0.1, 0.15) is 5.69 Å². The number of rotatable bonds is 0. The first-order chi connectivity index (χ1) is 5.52. The van der Waals surface area contributed by atoms with E-state index in [1.807, 2.05) is 6.92 Å². The number of H-pyrrole nitrogens is 1. The maximum atomic E-state index is 10.5. The zero-order valence-corrected chi connectivity index (χ0v) is 6.31. The molecule has 0 saturated carbocycles. The van der Waals surface area contributed by atoms with E-state index in [-0.39, 0.29) is 5.43 Å². The third-order valence-corrected chi connectivity index (χ3v) is 0.917. The molecule has 0 bridgehead atoms. The Morgan fingerprint density at radius 3 is 2.25 bits per heavy atom. The van der Waals surface area contributed by atoms with Crippen LogP contribution in [0.3, 0.4) is 0 Å². The fraction of sp³-hybridized carbons (Fsp3) is 0.167. The zero-order valence-electron chi connectivity index (χ0n) is 6.31. The van der Waals surface area contributed by atoms with Crippen molar-refractivity contribution in [3.63, 3.8) is 0 Å². The monoisotopic (exact) mass is 171 g/mol. The molecule has 0 aromatic carbocycles. The quantitative estimate of drug-likeness (QED) is 0.452. The summed E-state index contributed by atoms with van der Waals surface area (Å²) in [6, 6.07) is 3.05. The predicted octanol–water partition coefficient (Wildman–Crippen LogP) is 0.444. The molecule has 0 aliphatic heterocycles. The SMILES string of the molecule is Cc1cc(=O)cc[nH]1.O=[N+]([O-])[O-]. The number of hydrogen-bond donors (Lipinski definition) is 1. The van der Waals surface area contributed by atoms with Crippen LogP contribution in [-0.4, -0.2) is 10.1 Å². The van der Waals surface area contributed by atoms with Crippen LogP contribution in [0.2, 0.25) is 0 Å². The molecule has 6 heteroatoms. The van der Waals surface area contributed by atoms with Gasteiger partial charge in [-0.25, -0.2) is 0 Å². The molecule has 12 heavy (non-hydrogen) atoms. The summed E-state index contributed by atoms with van der Waals surface area (Å²) < 4.78 is 0. The van der Waals surface area contributed by atoms with E-state index in [9.17, 15) is 4.79 Å². The highest BCUT2D eigenvalue weighted by molar-refractivity contribution is 5.00. The van der Waals surface area contributed by atoms with Gasteiger partial charge in [-0.15, -0.1) is 0 Å². The van der Waals surface area contributed by atoms with Crippen molar-refractivity contribution in [2.45, 2.75) is 6.92 Å². The summed E-state index contributed by atoms with van der Waals surface area (Å²) in [5, 5.41) is 14.8. The second-order valence-corrected chi connectivity index (χ2v) is 1.93. The Hall–Kier alpha value is -1.85. The summed E-state index contributed by atoms with van der Waals surface area (Å²) in [5.41, 5.74) is 0.957. The van der Waals surface area contributed by atoms with Gasteiger partial charge in [-0.3, -0.25) is 4.79 Å². The molecule has 0 saturated heterocycles. The molecule has 1 aromatic heterocycles. The molecule has 0 atom stereocenters. The molecule has 1 heterocycles. The molecule has 0 fully saturated rings. The van der Waals surface area contributed by atoms with E-state index in [1.165, 1.54) is 6.07 Å². The van der Waals surface area contributed by atoms with Crippen molar-refractivity contribution in [3.8, 4) is 0 Å². The number of aromatic nitrogens is 1. The third kappa shape index (κ3) is 6.27. The summed E-state index contributed by atoms with van der Waals surface area (Å²) >= 11 is 0. The second-order valence-electron chi connectivity index (χ2n) is 1.93. The lowest BCUT2D eigenvalue weighted by Crippen LogP contribution is -1.96. The van der Waals surface area contributed by atoms with Gasteiger partial charge >= 0.3 is 0 Å². The lowest BCUT2D eigenvalue weighted by Gasteiger charge is -1.85. The summed E-state index contributed by atoms with van der Waals surface area (Å²) in [6.07, 6.45) is 1.64. The molecule has 0 radical (unpaired) electrons. The average molecular weight is 171 g/mol. The standard InChI is InChI=1S/C6H7NO.NO3/c1-5-4-6(8)2-3-7-5;2-1(3)4/h2-4H,1H3,(H,7,8);/q;-1. The molecular formula is C6H7N2O4-. The highest BCUT2D eigenvalue weighted by atomic mass is 16.9. The van der Waals surface area contributed by atoms with E-state index in [0.717, 1.165) is 5.69 Å². The van der Waals surface area contributed by atoms with Gasteiger partial charge in [-0.1, -0.05) is 0 Å². The number of nitrogens with one attached hydrogen (secondary N) is 1. The van der Waals surface area contributed by atoms with Crippen molar-refractivity contribution in [3.05, 3.63) is 49.6 Å². The maximum Gasteiger partial charge on any atom is 0.181 e. The van der Waals surface area contributed by atoms with Gasteiger partial charge in [0.15, 0.2) is 5.43 Å². The summed E-state index contributed by atoms with van der Waals surface area (Å²) in [5.74, 6) is 0. The minimum atomic E-state index is -1.75. The predicted molar refractivity (Wildman–Crippen MR) is 42.2 cm³/mol. The summed E-state index contributed by atoms with van der Waals surface area (Å²) in [6.45, 7) is 1.85. The largest absolute Gasteiger partial charge is 0.365 e. The molecule has 0 unspecified atom stereocenters. The summed E-state index contributed by atoms with van der Waals surface area (Å²) in [7, 11) is 0. The van der Waals surface area contributed by atoms with Crippen molar-refractivity contribution in [2.24, 2.45) is 0 Å². The average Bonchev–Trinajstić information content (AvgIpc) is 1.84. The van der Waals surface area contributed by atoms with Crippen LogP contribution in [0, 0.1) is 22.2 Å². The van der Waals surface area contributed by atoms with Crippen LogP contribution in [0.4, 0.5) is 0 Å². The zero-order chi connectivity index (χ0) is 9.56. The van der Waals surface area contributed by atoms with Gasteiger partial charge in [0.25, 0.3) is 0 Å². The van der Waals surface area contributed by atoms with Gasteiger partial charge in [0.1, 0.15) is 0 Å². The first-order valence-corrected chi connectivity index (χ1v) is 2.99. The first kappa shape index (κ1) is 10.2. The number of aromatic amines is 1. The third-order valence-electron chi connectivity index (χ3n) is 0.917. The lowest BCUT2D eigenvalue weighted by atomic mass is 10.4. The molecule has 0 aliphatic rings. The van der Waals surface area contributed by atoms with Crippen LogP contribution in [0.15, 0.2) is 23.1 Å². The van der Waals surface area contributed by atoms with Crippen LogP contribution >= 0.6 is 0 Å². The maximum absolute atomic E-state index is 10.5. The molecule has 1 N–H and O–H groups in total. The molecule has 0 spiro atoms. The van der Waals surface area contributed by atoms with E-state index < -0.39 is 5.09 Å². The van der Waals surface area contributed by atoms with Gasteiger partial charge in [-0.05, 0) is 6.92 Å². The molecule has 1 aromatic rings. The van der Waals surface area contributed by atoms with Gasteiger partial charge < -0.3 is 20.3 Å². The Balaban J connectivity index is 0.000000261. The fourth-order valence-corrected chi connectivity index (χ4v) is 0.558. The Bertz CT molecular complexity index is 302. The van der Waals surface area contributed by atoms with Gasteiger partial charge in [0.2, 0.25) is 0 Å². The minimum absolute atomic E-state index is 0.0567. The van der Waals surface area contributed by atoms with Crippen LogP contribution in [-0.2, 0) is 0 Å². The van der Waals surface area contributed by atoms with Gasteiger partial charge in [0.05, 0.1) is 5.09 Å². The van der Waals surface area contributed by atoms with Crippen LogP contribution in [0.25, 0.3) is 0 Å². The summed E-state index contributed by atoms with van der Waals surface area (Å²) in [4.78, 5) is 21.6. The Kier molecular flexibility index (Phi) is 4.13. The second kappa shape index (κ2) is 4.89. The lowest BCUT2D eigenvalue weighted by molar-refractivity contribution is -0.402.